The van der Waals surface area contributed by atoms with Crippen LogP contribution in [-0.4, -0.2) is 0 Å². The van der Waals surface area contributed by atoms with Gasteiger partial charge in [0.2, 0.25) is 0 Å². The molecule has 2 rings (SSSR count). The molecule has 11 heavy (non-hydrogen) atoms. The Hall–Kier alpha value is 0.140. The molecule has 0 saturated heterocycles. The molecule has 0 aromatic heterocycles. The van der Waals surface area contributed by atoms with Crippen LogP contribution in [0.25, 0.3) is 0 Å². The van der Waals surface area contributed by atoms with Gasteiger partial charge in [-0.2, -0.15) is 0 Å². The van der Waals surface area contributed by atoms with Gasteiger partial charge in [0.25, 0.3) is 0 Å². The van der Waals surface area contributed by atoms with E-state index in [4.69, 9.17) is 0 Å². The van der Waals surface area contributed by atoms with Crippen molar-refractivity contribution < 1.29 is 0 Å². The van der Waals surface area contributed by atoms with Gasteiger partial charge in [0.15, 0.2) is 0 Å². The predicted octanol–water partition coefficient (Wildman–Crippen LogP) is 2.81. The molecule has 1 aromatic rings. The lowest BCUT2D eigenvalue weighted by Crippen LogP contribution is -1.99. The summed E-state index contributed by atoms with van der Waals surface area (Å²) in [5.74, 6) is 0. The third-order valence-electron chi connectivity index (χ3n) is 1.87. The molecule has 0 unspecified atom stereocenters. The molecule has 1 aliphatic rings. The van der Waals surface area contributed by atoms with Gasteiger partial charge >= 0.3 is 0 Å². The number of fused-ring (bicyclic) bond motifs is 1. The van der Waals surface area contributed by atoms with Gasteiger partial charge in [-0.15, -0.1) is 0 Å². The third kappa shape index (κ3) is 1.37. The topological polar surface area (TPSA) is 12.0 Å². The van der Waals surface area contributed by atoms with Crippen molar-refractivity contribution in [2.24, 2.45) is 0 Å². The molecule has 1 aromatic carbocycles. The normalized spacial score (nSPS) is 15.1. The fraction of sp³-hybridized carbons (Fsp3) is 0.250. The molecule has 1 N–H and O–H groups in total. The maximum atomic E-state index is 3.47. The smallest absolute Gasteiger partial charge is 0.0320 e. The second-order valence-corrected chi connectivity index (χ2v) is 4.35. The molecule has 0 radical (unpaired) electrons. The van der Waals surface area contributed by atoms with Gasteiger partial charge in [-0.3, -0.25) is 0 Å². The average molecular weight is 277 g/mol. The minimum Gasteiger partial charge on any atom is -0.309 e. The van der Waals surface area contributed by atoms with Crippen LogP contribution in [0, 0.1) is 0 Å². The molecule has 1 heterocycles. The highest BCUT2D eigenvalue weighted by molar-refractivity contribution is 9.13. The summed E-state index contributed by atoms with van der Waals surface area (Å²) in [5, 5.41) is 3.30. The van der Waals surface area contributed by atoms with Crippen molar-refractivity contribution in [1.29, 1.82) is 0 Å². The van der Waals surface area contributed by atoms with Crippen LogP contribution >= 0.6 is 31.9 Å². The molecular formula is C8H7Br2N. The molecule has 0 bridgehead atoms. The summed E-state index contributed by atoms with van der Waals surface area (Å²) >= 11 is 6.95. The van der Waals surface area contributed by atoms with Crippen LogP contribution in [0.4, 0.5) is 0 Å². The zero-order chi connectivity index (χ0) is 7.84. The Bertz CT molecular complexity index is 267. The van der Waals surface area contributed by atoms with Crippen molar-refractivity contribution in [2.45, 2.75) is 13.1 Å². The van der Waals surface area contributed by atoms with Crippen molar-refractivity contribution in [3.05, 3.63) is 32.2 Å². The molecule has 0 saturated carbocycles. The minimum atomic E-state index is 1.00. The fourth-order valence-electron chi connectivity index (χ4n) is 1.29. The highest BCUT2D eigenvalue weighted by Crippen LogP contribution is 2.28. The number of rotatable bonds is 0. The van der Waals surface area contributed by atoms with Crippen molar-refractivity contribution in [1.82, 2.24) is 5.32 Å². The van der Waals surface area contributed by atoms with Gasteiger partial charge in [0, 0.05) is 22.0 Å². The fourth-order valence-corrected chi connectivity index (χ4v) is 2.07. The summed E-state index contributed by atoms with van der Waals surface area (Å²) in [6, 6.07) is 4.33. The average Bonchev–Trinajstić information content (AvgIpc) is 2.36. The van der Waals surface area contributed by atoms with Crippen LogP contribution in [0.3, 0.4) is 0 Å². The van der Waals surface area contributed by atoms with Gasteiger partial charge in [-0.1, -0.05) is 0 Å². The predicted molar refractivity (Wildman–Crippen MR) is 52.4 cm³/mol. The van der Waals surface area contributed by atoms with Crippen molar-refractivity contribution in [2.75, 3.05) is 0 Å². The summed E-state index contributed by atoms with van der Waals surface area (Å²) in [4.78, 5) is 0. The van der Waals surface area contributed by atoms with Crippen LogP contribution in [-0.2, 0) is 13.1 Å². The maximum absolute atomic E-state index is 3.47. The first-order valence-corrected chi connectivity index (χ1v) is 5.03. The lowest BCUT2D eigenvalue weighted by Gasteiger charge is -2.00. The minimum absolute atomic E-state index is 1.00. The Morgan fingerprint density at radius 2 is 1.45 bits per heavy atom. The standard InChI is InChI=1S/C8H7Br2N/c9-7-1-5-3-11-4-6(5)2-8(7)10/h1-2,11H,3-4H2. The largest absolute Gasteiger partial charge is 0.309 e. The SMILES string of the molecule is Brc1cc2c(cc1Br)CNC2. The van der Waals surface area contributed by atoms with Gasteiger partial charge in [0.1, 0.15) is 0 Å². The van der Waals surface area contributed by atoms with E-state index in [0.29, 0.717) is 0 Å². The van der Waals surface area contributed by atoms with Crippen LogP contribution in [0.1, 0.15) is 11.1 Å². The highest BCUT2D eigenvalue weighted by Gasteiger charge is 2.11. The third-order valence-corrected chi connectivity index (χ3v) is 3.72. The number of hydrogen-bond donors (Lipinski definition) is 1. The van der Waals surface area contributed by atoms with Gasteiger partial charge in [-0.05, 0) is 55.1 Å². The van der Waals surface area contributed by atoms with Gasteiger partial charge < -0.3 is 5.32 Å². The molecule has 3 heteroatoms. The number of hydrogen-bond acceptors (Lipinski definition) is 1. The molecule has 0 fully saturated rings. The second kappa shape index (κ2) is 2.88. The summed E-state index contributed by atoms with van der Waals surface area (Å²) in [6.45, 7) is 2.00. The molecule has 0 amide bonds. The Kier molecular flexibility index (Phi) is 2.04. The second-order valence-electron chi connectivity index (χ2n) is 2.64. The summed E-state index contributed by atoms with van der Waals surface area (Å²) in [6.07, 6.45) is 0. The molecule has 58 valence electrons. The van der Waals surface area contributed by atoms with Crippen LogP contribution in [0.5, 0.6) is 0 Å². The Morgan fingerprint density at radius 1 is 1.00 bits per heavy atom. The van der Waals surface area contributed by atoms with Crippen LogP contribution < -0.4 is 5.32 Å². The highest BCUT2D eigenvalue weighted by atomic mass is 79.9. The summed E-state index contributed by atoms with van der Waals surface area (Å²) in [7, 11) is 0. The zero-order valence-corrected chi connectivity index (χ0v) is 9.00. The van der Waals surface area contributed by atoms with E-state index < -0.39 is 0 Å². The lowest BCUT2D eigenvalue weighted by atomic mass is 10.1. The van der Waals surface area contributed by atoms with E-state index in [0.717, 1.165) is 22.0 Å². The van der Waals surface area contributed by atoms with Crippen molar-refractivity contribution >= 4 is 31.9 Å². The zero-order valence-electron chi connectivity index (χ0n) is 5.82. The van der Waals surface area contributed by atoms with Crippen LogP contribution in [0.15, 0.2) is 21.1 Å². The monoisotopic (exact) mass is 275 g/mol. The van der Waals surface area contributed by atoms with Gasteiger partial charge in [-0.25, -0.2) is 0 Å². The molecule has 1 aliphatic heterocycles. The van der Waals surface area contributed by atoms with E-state index in [1.165, 1.54) is 11.1 Å². The maximum Gasteiger partial charge on any atom is 0.0320 e. The molecule has 0 spiro atoms. The first kappa shape index (κ1) is 7.77. The summed E-state index contributed by atoms with van der Waals surface area (Å²) < 4.78 is 2.28. The Labute approximate surface area is 82.4 Å². The van der Waals surface area contributed by atoms with Crippen molar-refractivity contribution in [3.63, 3.8) is 0 Å². The van der Waals surface area contributed by atoms with E-state index in [1.54, 1.807) is 0 Å². The van der Waals surface area contributed by atoms with E-state index in [2.05, 4.69) is 49.3 Å². The first-order valence-electron chi connectivity index (χ1n) is 3.45. The Balaban J connectivity index is 2.57. The van der Waals surface area contributed by atoms with Crippen molar-refractivity contribution in [3.8, 4) is 0 Å². The lowest BCUT2D eigenvalue weighted by molar-refractivity contribution is 0.764. The van der Waals surface area contributed by atoms with E-state index >= 15 is 0 Å². The molecule has 0 aliphatic carbocycles. The number of halogens is 2. The van der Waals surface area contributed by atoms with Crippen LogP contribution in [0.2, 0.25) is 0 Å². The summed E-state index contributed by atoms with van der Waals surface area (Å²) in [5.41, 5.74) is 2.81. The Morgan fingerprint density at radius 3 is 1.91 bits per heavy atom. The molecular weight excluding hydrogens is 270 g/mol. The first-order chi connectivity index (χ1) is 5.27. The number of nitrogens with one attached hydrogen (secondary N) is 1. The van der Waals surface area contributed by atoms with E-state index in [1.807, 2.05) is 0 Å². The quantitative estimate of drug-likeness (QED) is 0.768. The van der Waals surface area contributed by atoms with Gasteiger partial charge in [0.05, 0.1) is 0 Å². The molecule has 1 nitrogen and oxygen atoms in total. The van der Waals surface area contributed by atoms with E-state index in [-0.39, 0.29) is 0 Å². The van der Waals surface area contributed by atoms with E-state index in [9.17, 15) is 0 Å². The molecule has 0 atom stereocenters. The number of benzene rings is 1.